The van der Waals surface area contributed by atoms with Crippen LogP contribution in [0.3, 0.4) is 0 Å². The van der Waals surface area contributed by atoms with E-state index in [4.69, 9.17) is 0 Å². The third kappa shape index (κ3) is 5.55. The SMILES string of the molecule is CC(C)NCCN(c1nc(Cc2cccc(F)c2)ns1)C(C)C. The molecule has 0 atom stereocenters. The highest BCUT2D eigenvalue weighted by Crippen LogP contribution is 2.21. The maximum absolute atomic E-state index is 13.3. The summed E-state index contributed by atoms with van der Waals surface area (Å²) < 4.78 is 17.7. The summed E-state index contributed by atoms with van der Waals surface area (Å²) in [6, 6.07) is 7.44. The predicted octanol–water partition coefficient (Wildman–Crippen LogP) is 3.48. The van der Waals surface area contributed by atoms with Gasteiger partial charge in [0.15, 0.2) is 0 Å². The van der Waals surface area contributed by atoms with Gasteiger partial charge in [-0.3, -0.25) is 0 Å². The summed E-state index contributed by atoms with van der Waals surface area (Å²) >= 11 is 1.41. The molecule has 0 unspecified atom stereocenters. The Hall–Kier alpha value is -1.53. The zero-order valence-electron chi connectivity index (χ0n) is 14.2. The van der Waals surface area contributed by atoms with E-state index < -0.39 is 0 Å². The van der Waals surface area contributed by atoms with Crippen molar-refractivity contribution in [2.75, 3.05) is 18.0 Å². The highest BCUT2D eigenvalue weighted by atomic mass is 32.1. The molecule has 0 aliphatic rings. The van der Waals surface area contributed by atoms with Crippen molar-refractivity contribution in [2.24, 2.45) is 0 Å². The maximum atomic E-state index is 13.3. The van der Waals surface area contributed by atoms with E-state index in [9.17, 15) is 4.39 Å². The number of halogens is 1. The Morgan fingerprint density at radius 1 is 1.26 bits per heavy atom. The van der Waals surface area contributed by atoms with E-state index in [1.807, 2.05) is 6.07 Å². The number of nitrogens with zero attached hydrogens (tertiary/aromatic N) is 3. The fraction of sp³-hybridized carbons (Fsp3) is 0.529. The lowest BCUT2D eigenvalue weighted by molar-refractivity contribution is 0.564. The van der Waals surface area contributed by atoms with Gasteiger partial charge in [0.1, 0.15) is 11.6 Å². The third-order valence-electron chi connectivity index (χ3n) is 3.48. The molecule has 0 amide bonds. The van der Waals surface area contributed by atoms with Crippen molar-refractivity contribution >= 4 is 16.7 Å². The minimum atomic E-state index is -0.221. The normalized spacial score (nSPS) is 11.4. The molecule has 0 radical (unpaired) electrons. The molecule has 0 fully saturated rings. The average Bonchev–Trinajstić information content (AvgIpc) is 2.91. The average molecular weight is 336 g/mol. The molecule has 0 saturated carbocycles. The number of hydrogen-bond acceptors (Lipinski definition) is 5. The van der Waals surface area contributed by atoms with Crippen LogP contribution in [0.1, 0.15) is 39.1 Å². The lowest BCUT2D eigenvalue weighted by Crippen LogP contribution is -2.38. The lowest BCUT2D eigenvalue weighted by atomic mass is 10.1. The minimum absolute atomic E-state index is 0.221. The molecule has 0 spiro atoms. The van der Waals surface area contributed by atoms with Gasteiger partial charge in [-0.25, -0.2) is 9.37 Å². The van der Waals surface area contributed by atoms with Crippen molar-refractivity contribution < 1.29 is 4.39 Å². The van der Waals surface area contributed by atoms with Gasteiger partial charge in [0.2, 0.25) is 5.13 Å². The van der Waals surface area contributed by atoms with Crippen LogP contribution in [0.2, 0.25) is 0 Å². The highest BCUT2D eigenvalue weighted by molar-refractivity contribution is 7.09. The summed E-state index contributed by atoms with van der Waals surface area (Å²) in [5.74, 6) is 0.527. The first-order valence-electron chi connectivity index (χ1n) is 8.02. The largest absolute Gasteiger partial charge is 0.343 e. The predicted molar refractivity (Wildman–Crippen MR) is 94.7 cm³/mol. The molecule has 6 heteroatoms. The monoisotopic (exact) mass is 336 g/mol. The third-order valence-corrected chi connectivity index (χ3v) is 4.27. The zero-order chi connectivity index (χ0) is 16.8. The van der Waals surface area contributed by atoms with E-state index in [0.717, 1.165) is 29.6 Å². The van der Waals surface area contributed by atoms with Gasteiger partial charge in [0.05, 0.1) is 0 Å². The Morgan fingerprint density at radius 3 is 2.70 bits per heavy atom. The van der Waals surface area contributed by atoms with Gasteiger partial charge in [-0.1, -0.05) is 26.0 Å². The van der Waals surface area contributed by atoms with E-state index >= 15 is 0 Å². The number of benzene rings is 1. The van der Waals surface area contributed by atoms with Crippen molar-refractivity contribution in [1.29, 1.82) is 0 Å². The Balaban J connectivity index is 2.03. The smallest absolute Gasteiger partial charge is 0.205 e. The molecule has 2 rings (SSSR count). The van der Waals surface area contributed by atoms with E-state index in [1.54, 1.807) is 6.07 Å². The van der Waals surface area contributed by atoms with Gasteiger partial charge in [-0.2, -0.15) is 4.37 Å². The Labute approximate surface area is 141 Å². The molecule has 1 heterocycles. The molecule has 0 saturated heterocycles. The van der Waals surface area contributed by atoms with Crippen molar-refractivity contribution in [3.05, 3.63) is 41.5 Å². The molecule has 1 aromatic carbocycles. The number of nitrogens with one attached hydrogen (secondary N) is 1. The van der Waals surface area contributed by atoms with Crippen LogP contribution in [-0.4, -0.2) is 34.5 Å². The van der Waals surface area contributed by atoms with E-state index in [-0.39, 0.29) is 5.82 Å². The van der Waals surface area contributed by atoms with Gasteiger partial charge < -0.3 is 10.2 Å². The first-order valence-corrected chi connectivity index (χ1v) is 8.80. The van der Waals surface area contributed by atoms with Crippen molar-refractivity contribution in [1.82, 2.24) is 14.7 Å². The van der Waals surface area contributed by atoms with Crippen LogP contribution >= 0.6 is 11.5 Å². The number of anilines is 1. The van der Waals surface area contributed by atoms with Crippen molar-refractivity contribution in [2.45, 2.75) is 46.2 Å². The van der Waals surface area contributed by atoms with Gasteiger partial charge in [-0.05, 0) is 31.5 Å². The quantitative estimate of drug-likeness (QED) is 0.801. The van der Waals surface area contributed by atoms with Crippen molar-refractivity contribution in [3.8, 4) is 0 Å². The van der Waals surface area contributed by atoms with Gasteiger partial charge in [0, 0.05) is 43.1 Å². The Kier molecular flexibility index (Phi) is 6.47. The maximum Gasteiger partial charge on any atom is 0.205 e. The summed E-state index contributed by atoms with van der Waals surface area (Å²) in [6.07, 6.45) is 0.560. The van der Waals surface area contributed by atoms with E-state index in [1.165, 1.54) is 23.7 Å². The Bertz CT molecular complexity index is 612. The molecule has 2 aromatic rings. The van der Waals surface area contributed by atoms with Crippen LogP contribution in [0.4, 0.5) is 9.52 Å². The van der Waals surface area contributed by atoms with Crippen molar-refractivity contribution in [3.63, 3.8) is 0 Å². The van der Waals surface area contributed by atoms with Gasteiger partial charge in [0.25, 0.3) is 0 Å². The molecular formula is C17H25FN4S. The summed E-state index contributed by atoms with van der Waals surface area (Å²) in [5.41, 5.74) is 0.895. The zero-order valence-corrected chi connectivity index (χ0v) is 15.0. The molecule has 1 N–H and O–H groups in total. The minimum Gasteiger partial charge on any atom is -0.343 e. The molecular weight excluding hydrogens is 311 g/mol. The van der Waals surface area contributed by atoms with Gasteiger partial charge in [-0.15, -0.1) is 0 Å². The van der Waals surface area contributed by atoms with Crippen LogP contribution in [-0.2, 0) is 6.42 Å². The molecule has 0 aliphatic carbocycles. The van der Waals surface area contributed by atoms with Crippen LogP contribution in [0, 0.1) is 5.82 Å². The van der Waals surface area contributed by atoms with Crippen LogP contribution in [0.15, 0.2) is 24.3 Å². The highest BCUT2D eigenvalue weighted by Gasteiger charge is 2.16. The fourth-order valence-electron chi connectivity index (χ4n) is 2.31. The molecule has 0 aliphatic heterocycles. The van der Waals surface area contributed by atoms with E-state index in [0.29, 0.717) is 18.5 Å². The Morgan fingerprint density at radius 2 is 2.04 bits per heavy atom. The summed E-state index contributed by atoms with van der Waals surface area (Å²) in [4.78, 5) is 6.89. The molecule has 126 valence electrons. The van der Waals surface area contributed by atoms with Crippen LogP contribution < -0.4 is 10.2 Å². The molecule has 0 bridgehead atoms. The summed E-state index contributed by atoms with van der Waals surface area (Å²) in [5, 5.41) is 4.35. The topological polar surface area (TPSA) is 41.0 Å². The fourth-order valence-corrected chi connectivity index (χ4v) is 3.16. The lowest BCUT2D eigenvalue weighted by Gasteiger charge is -2.26. The molecule has 1 aromatic heterocycles. The summed E-state index contributed by atoms with van der Waals surface area (Å²) in [7, 11) is 0. The second-order valence-electron chi connectivity index (χ2n) is 6.20. The first kappa shape index (κ1) is 17.8. The number of rotatable bonds is 8. The molecule has 4 nitrogen and oxygen atoms in total. The van der Waals surface area contributed by atoms with Crippen LogP contribution in [0.25, 0.3) is 0 Å². The second-order valence-corrected chi connectivity index (χ2v) is 6.93. The number of aromatic nitrogens is 2. The second kappa shape index (κ2) is 8.36. The molecule has 23 heavy (non-hydrogen) atoms. The van der Waals surface area contributed by atoms with Gasteiger partial charge >= 0.3 is 0 Å². The number of hydrogen-bond donors (Lipinski definition) is 1. The van der Waals surface area contributed by atoms with Crippen LogP contribution in [0.5, 0.6) is 0 Å². The van der Waals surface area contributed by atoms with E-state index in [2.05, 4.69) is 47.3 Å². The standard InChI is InChI=1S/C17H25FN4S/c1-12(2)19-8-9-22(13(3)4)17-20-16(21-23-17)11-14-6-5-7-15(18)10-14/h5-7,10,12-13,19H,8-9,11H2,1-4H3. The summed E-state index contributed by atoms with van der Waals surface area (Å²) in [6.45, 7) is 10.4. The first-order chi connectivity index (χ1) is 11.0.